The van der Waals surface area contributed by atoms with Gasteiger partial charge in [-0.05, 0) is 42.5 Å². The topological polar surface area (TPSA) is 102 Å². The Hall–Kier alpha value is -4.41. The molecule has 0 unspecified atom stereocenters. The van der Waals surface area contributed by atoms with Crippen LogP contribution in [0.1, 0.15) is 26.3 Å². The van der Waals surface area contributed by atoms with E-state index in [1.54, 1.807) is 18.5 Å². The summed E-state index contributed by atoms with van der Waals surface area (Å²) in [5, 5.41) is 8.61. The van der Waals surface area contributed by atoms with Crippen molar-refractivity contribution in [3.63, 3.8) is 0 Å². The van der Waals surface area contributed by atoms with Gasteiger partial charge in [-0.3, -0.25) is 9.59 Å². The second-order valence-corrected chi connectivity index (χ2v) is 6.53. The number of hydrogen-bond donors (Lipinski definition) is 2. The smallest absolute Gasteiger partial charge is 0.418 e. The number of halogens is 3. The average Bonchev–Trinajstić information content (AvgIpc) is 3.48. The van der Waals surface area contributed by atoms with Crippen LogP contribution in [0.2, 0.25) is 0 Å². The van der Waals surface area contributed by atoms with Crippen LogP contribution in [0.3, 0.4) is 0 Å². The first-order valence-electron chi connectivity index (χ1n) is 9.13. The van der Waals surface area contributed by atoms with Gasteiger partial charge in [0.15, 0.2) is 5.82 Å². The SMILES string of the molecule is O=C(Nc1ccc(NC(=O)c2ccc(-n3cccn3)nc2)c(C(F)(F)F)c1)c1ccoc1. The summed E-state index contributed by atoms with van der Waals surface area (Å²) < 4.78 is 47.1. The summed E-state index contributed by atoms with van der Waals surface area (Å²) in [6.07, 6.45) is 2.11. The lowest BCUT2D eigenvalue weighted by molar-refractivity contribution is -0.136. The number of benzene rings is 1. The van der Waals surface area contributed by atoms with Crippen molar-refractivity contribution in [2.45, 2.75) is 6.18 Å². The fourth-order valence-corrected chi connectivity index (χ4v) is 2.82. The zero-order valence-corrected chi connectivity index (χ0v) is 16.1. The van der Waals surface area contributed by atoms with Gasteiger partial charge in [0.05, 0.1) is 28.6 Å². The number of carbonyl (C=O) groups excluding carboxylic acids is 2. The van der Waals surface area contributed by atoms with Gasteiger partial charge in [-0.15, -0.1) is 0 Å². The molecule has 11 heteroatoms. The molecule has 8 nitrogen and oxygen atoms in total. The minimum atomic E-state index is -4.78. The number of furan rings is 1. The van der Waals surface area contributed by atoms with Gasteiger partial charge < -0.3 is 15.1 Å². The number of alkyl halides is 3. The van der Waals surface area contributed by atoms with Gasteiger partial charge in [-0.1, -0.05) is 0 Å². The lowest BCUT2D eigenvalue weighted by atomic mass is 10.1. The van der Waals surface area contributed by atoms with Crippen molar-refractivity contribution in [2.75, 3.05) is 10.6 Å². The maximum absolute atomic E-state index is 13.6. The van der Waals surface area contributed by atoms with E-state index in [2.05, 4.69) is 20.7 Å². The van der Waals surface area contributed by atoms with E-state index in [0.29, 0.717) is 5.82 Å². The van der Waals surface area contributed by atoms with Gasteiger partial charge >= 0.3 is 6.18 Å². The molecule has 0 aliphatic heterocycles. The van der Waals surface area contributed by atoms with Crippen molar-refractivity contribution in [3.8, 4) is 5.82 Å². The minimum absolute atomic E-state index is 0.0615. The molecule has 0 saturated carbocycles. The molecule has 0 radical (unpaired) electrons. The van der Waals surface area contributed by atoms with Crippen LogP contribution in [0, 0.1) is 0 Å². The van der Waals surface area contributed by atoms with E-state index >= 15 is 0 Å². The summed E-state index contributed by atoms with van der Waals surface area (Å²) in [5.41, 5.74) is -1.45. The predicted octanol–water partition coefficient (Wildman–Crippen LogP) is 4.38. The Morgan fingerprint density at radius 1 is 1.00 bits per heavy atom. The Morgan fingerprint density at radius 2 is 1.81 bits per heavy atom. The number of pyridine rings is 1. The number of hydrogen-bond acceptors (Lipinski definition) is 5. The van der Waals surface area contributed by atoms with E-state index in [-0.39, 0.29) is 16.8 Å². The molecule has 0 atom stereocenters. The van der Waals surface area contributed by atoms with Crippen LogP contribution in [0.15, 0.2) is 78.0 Å². The van der Waals surface area contributed by atoms with E-state index in [1.165, 1.54) is 47.7 Å². The molecule has 0 fully saturated rings. The maximum Gasteiger partial charge on any atom is 0.418 e. The van der Waals surface area contributed by atoms with Crippen LogP contribution in [0.5, 0.6) is 0 Å². The van der Waals surface area contributed by atoms with Gasteiger partial charge in [0.1, 0.15) is 6.26 Å². The monoisotopic (exact) mass is 441 g/mol. The second kappa shape index (κ2) is 8.38. The Bertz CT molecular complexity index is 1230. The number of rotatable bonds is 5. The van der Waals surface area contributed by atoms with Crippen LogP contribution < -0.4 is 10.6 Å². The van der Waals surface area contributed by atoms with Gasteiger partial charge in [0, 0.05) is 24.3 Å². The van der Waals surface area contributed by atoms with Crippen LogP contribution in [-0.4, -0.2) is 26.6 Å². The summed E-state index contributed by atoms with van der Waals surface area (Å²) in [6.45, 7) is 0. The average molecular weight is 441 g/mol. The number of nitrogens with zero attached hydrogens (tertiary/aromatic N) is 3. The fraction of sp³-hybridized carbons (Fsp3) is 0.0476. The van der Waals surface area contributed by atoms with E-state index in [9.17, 15) is 22.8 Å². The van der Waals surface area contributed by atoms with Gasteiger partial charge in [-0.25, -0.2) is 9.67 Å². The normalized spacial score (nSPS) is 11.2. The first-order valence-corrected chi connectivity index (χ1v) is 9.13. The number of anilines is 2. The summed E-state index contributed by atoms with van der Waals surface area (Å²) in [5.74, 6) is -0.961. The van der Waals surface area contributed by atoms with Crippen molar-refractivity contribution in [1.29, 1.82) is 0 Å². The fourth-order valence-electron chi connectivity index (χ4n) is 2.82. The molecule has 4 aromatic rings. The summed E-state index contributed by atoms with van der Waals surface area (Å²) >= 11 is 0. The molecule has 0 saturated heterocycles. The van der Waals surface area contributed by atoms with Crippen molar-refractivity contribution < 1.29 is 27.2 Å². The number of carbonyl (C=O) groups is 2. The molecule has 1 aromatic carbocycles. The standard InChI is InChI=1S/C21H14F3N5O3/c22-21(23,24)16-10-15(27-20(31)14-6-9-32-12-14)3-4-17(16)28-19(30)13-2-5-18(25-11-13)29-8-1-7-26-29/h1-12H,(H,27,31)(H,28,30). The largest absolute Gasteiger partial charge is 0.472 e. The van der Waals surface area contributed by atoms with Crippen LogP contribution >= 0.6 is 0 Å². The maximum atomic E-state index is 13.6. The van der Waals surface area contributed by atoms with E-state index in [0.717, 1.165) is 12.1 Å². The molecule has 2 N–H and O–H groups in total. The molecule has 2 amide bonds. The molecule has 0 bridgehead atoms. The molecule has 0 aliphatic carbocycles. The Labute approximate surface area is 178 Å². The lowest BCUT2D eigenvalue weighted by Gasteiger charge is -2.16. The predicted molar refractivity (Wildman–Crippen MR) is 107 cm³/mol. The molecule has 0 aliphatic rings. The Morgan fingerprint density at radius 3 is 2.44 bits per heavy atom. The molecule has 0 spiro atoms. The van der Waals surface area contributed by atoms with Crippen molar-refractivity contribution in [2.24, 2.45) is 0 Å². The third-order valence-electron chi connectivity index (χ3n) is 4.36. The second-order valence-electron chi connectivity index (χ2n) is 6.53. The molecular weight excluding hydrogens is 427 g/mol. The highest BCUT2D eigenvalue weighted by Gasteiger charge is 2.34. The highest BCUT2D eigenvalue weighted by atomic mass is 19.4. The molecule has 32 heavy (non-hydrogen) atoms. The Kier molecular flexibility index (Phi) is 5.46. The number of nitrogens with one attached hydrogen (secondary N) is 2. The minimum Gasteiger partial charge on any atom is -0.472 e. The third-order valence-corrected chi connectivity index (χ3v) is 4.36. The highest BCUT2D eigenvalue weighted by Crippen LogP contribution is 2.37. The van der Waals surface area contributed by atoms with E-state index < -0.39 is 29.2 Å². The van der Waals surface area contributed by atoms with E-state index in [4.69, 9.17) is 4.42 Å². The molecular formula is C21H14F3N5O3. The van der Waals surface area contributed by atoms with Crippen molar-refractivity contribution in [1.82, 2.24) is 14.8 Å². The van der Waals surface area contributed by atoms with Gasteiger partial charge in [0.2, 0.25) is 0 Å². The van der Waals surface area contributed by atoms with Crippen molar-refractivity contribution in [3.05, 3.63) is 90.3 Å². The van der Waals surface area contributed by atoms with Crippen LogP contribution in [0.25, 0.3) is 5.82 Å². The van der Waals surface area contributed by atoms with Gasteiger partial charge in [0.25, 0.3) is 11.8 Å². The summed E-state index contributed by atoms with van der Waals surface area (Å²) in [7, 11) is 0. The van der Waals surface area contributed by atoms with Crippen molar-refractivity contribution >= 4 is 23.2 Å². The van der Waals surface area contributed by atoms with Gasteiger partial charge in [-0.2, -0.15) is 18.3 Å². The lowest BCUT2D eigenvalue weighted by Crippen LogP contribution is -2.18. The summed E-state index contributed by atoms with van der Waals surface area (Å²) in [6, 6.07) is 9.07. The van der Waals surface area contributed by atoms with Crippen LogP contribution in [0.4, 0.5) is 24.5 Å². The quantitative estimate of drug-likeness (QED) is 0.479. The Balaban J connectivity index is 1.54. The number of aromatic nitrogens is 3. The van der Waals surface area contributed by atoms with Crippen LogP contribution in [-0.2, 0) is 6.18 Å². The highest BCUT2D eigenvalue weighted by molar-refractivity contribution is 6.06. The summed E-state index contributed by atoms with van der Waals surface area (Å²) in [4.78, 5) is 28.6. The first-order chi connectivity index (χ1) is 15.3. The van der Waals surface area contributed by atoms with E-state index in [1.807, 2.05) is 0 Å². The zero-order chi connectivity index (χ0) is 22.7. The third kappa shape index (κ3) is 4.51. The molecule has 4 rings (SSSR count). The first kappa shape index (κ1) is 20.8. The molecule has 162 valence electrons. The molecule has 3 heterocycles. The zero-order valence-electron chi connectivity index (χ0n) is 16.1. The molecule has 3 aromatic heterocycles. The number of amides is 2.